The molecule has 5 nitrogen and oxygen atoms in total. The Labute approximate surface area is 138 Å². The number of hydrogen-bond donors (Lipinski definition) is 1. The number of anilines is 1. The molecule has 1 aliphatic carbocycles. The number of allylic oxidation sites excluding steroid dienone is 1. The zero-order valence-electron chi connectivity index (χ0n) is 13.8. The first-order chi connectivity index (χ1) is 11.3. The quantitative estimate of drug-likeness (QED) is 0.849. The van der Waals surface area contributed by atoms with Crippen LogP contribution in [0.2, 0.25) is 0 Å². The van der Waals surface area contributed by atoms with E-state index in [9.17, 15) is 4.79 Å². The van der Waals surface area contributed by atoms with E-state index in [2.05, 4.69) is 26.5 Å². The van der Waals surface area contributed by atoms with Crippen LogP contribution in [0.4, 0.5) is 5.82 Å². The summed E-state index contributed by atoms with van der Waals surface area (Å²) in [7, 11) is 0. The van der Waals surface area contributed by atoms with Crippen molar-refractivity contribution in [2.24, 2.45) is 0 Å². The molecule has 0 spiro atoms. The Morgan fingerprint density at radius 2 is 1.96 bits per heavy atom. The van der Waals surface area contributed by atoms with Gasteiger partial charge in [-0.1, -0.05) is 11.6 Å². The van der Waals surface area contributed by atoms with Gasteiger partial charge in [-0.2, -0.15) is 0 Å². The Bertz CT molecular complexity index is 547. The van der Waals surface area contributed by atoms with Crippen LogP contribution in [-0.2, 0) is 0 Å². The normalized spacial score (nSPS) is 18.4. The summed E-state index contributed by atoms with van der Waals surface area (Å²) in [6, 6.07) is 3.70. The van der Waals surface area contributed by atoms with Crippen LogP contribution in [-0.4, -0.2) is 35.7 Å². The van der Waals surface area contributed by atoms with E-state index in [1.807, 2.05) is 6.07 Å². The Morgan fingerprint density at radius 1 is 1.09 bits per heavy atom. The first kappa shape index (κ1) is 16.0. The predicted molar refractivity (Wildman–Crippen MR) is 91.6 cm³/mol. The van der Waals surface area contributed by atoms with Gasteiger partial charge in [-0.25, -0.2) is 0 Å². The first-order valence-corrected chi connectivity index (χ1v) is 8.88. The monoisotopic (exact) mass is 314 g/mol. The fraction of sp³-hybridized carbons (Fsp3) is 0.611. The minimum absolute atomic E-state index is 0.126. The average molecular weight is 314 g/mol. The number of piperidine rings is 1. The van der Waals surface area contributed by atoms with Crippen molar-refractivity contribution in [2.75, 3.05) is 24.5 Å². The summed E-state index contributed by atoms with van der Waals surface area (Å²) >= 11 is 0. The first-order valence-electron chi connectivity index (χ1n) is 8.88. The molecular formula is C18H26N4O. The molecule has 1 aromatic heterocycles. The summed E-state index contributed by atoms with van der Waals surface area (Å²) in [5, 5.41) is 11.3. The zero-order valence-corrected chi connectivity index (χ0v) is 13.8. The van der Waals surface area contributed by atoms with Gasteiger partial charge in [0.25, 0.3) is 5.91 Å². The SMILES string of the molecule is O=C(NCCC1=CCCCC1)c1ccc(N2CCCCC2)nn1. The Balaban J connectivity index is 1.48. The third kappa shape index (κ3) is 4.53. The molecule has 0 bridgehead atoms. The summed E-state index contributed by atoms with van der Waals surface area (Å²) in [6.45, 7) is 2.75. The molecule has 1 aliphatic heterocycles. The largest absolute Gasteiger partial charge is 0.355 e. The number of carbonyl (C=O) groups is 1. The van der Waals surface area contributed by atoms with Gasteiger partial charge < -0.3 is 10.2 Å². The number of rotatable bonds is 5. The van der Waals surface area contributed by atoms with Crippen molar-refractivity contribution in [3.8, 4) is 0 Å². The Kier molecular flexibility index (Phi) is 5.61. The van der Waals surface area contributed by atoms with E-state index < -0.39 is 0 Å². The number of carbonyl (C=O) groups excluding carboxylic acids is 1. The fourth-order valence-electron chi connectivity index (χ4n) is 3.30. The van der Waals surface area contributed by atoms with Crippen molar-refractivity contribution in [3.05, 3.63) is 29.5 Å². The van der Waals surface area contributed by atoms with E-state index in [1.165, 1.54) is 50.5 Å². The lowest BCUT2D eigenvalue weighted by molar-refractivity contribution is 0.0948. The smallest absolute Gasteiger partial charge is 0.271 e. The summed E-state index contributed by atoms with van der Waals surface area (Å²) in [5.74, 6) is 0.757. The minimum atomic E-state index is -0.126. The molecule has 1 aromatic rings. The van der Waals surface area contributed by atoms with Crippen LogP contribution in [0, 0.1) is 0 Å². The molecule has 0 unspecified atom stereocenters. The average Bonchev–Trinajstić information content (AvgIpc) is 2.63. The van der Waals surface area contributed by atoms with Crippen LogP contribution in [0.25, 0.3) is 0 Å². The number of nitrogens with one attached hydrogen (secondary N) is 1. The van der Waals surface area contributed by atoms with Gasteiger partial charge in [0.15, 0.2) is 11.5 Å². The molecule has 23 heavy (non-hydrogen) atoms. The molecule has 1 N–H and O–H groups in total. The molecule has 1 saturated heterocycles. The van der Waals surface area contributed by atoms with E-state index in [0.717, 1.165) is 25.3 Å². The number of nitrogens with zero attached hydrogens (tertiary/aromatic N) is 3. The van der Waals surface area contributed by atoms with Crippen molar-refractivity contribution in [1.29, 1.82) is 0 Å². The number of amides is 1. The second-order valence-electron chi connectivity index (χ2n) is 6.44. The van der Waals surface area contributed by atoms with Crippen molar-refractivity contribution in [3.63, 3.8) is 0 Å². The van der Waals surface area contributed by atoms with E-state index >= 15 is 0 Å². The van der Waals surface area contributed by atoms with Gasteiger partial charge in [0, 0.05) is 19.6 Å². The predicted octanol–water partition coefficient (Wildman–Crippen LogP) is 3.09. The lowest BCUT2D eigenvalue weighted by atomic mass is 9.97. The molecule has 0 radical (unpaired) electrons. The maximum Gasteiger partial charge on any atom is 0.271 e. The van der Waals surface area contributed by atoms with Crippen molar-refractivity contribution >= 4 is 11.7 Å². The van der Waals surface area contributed by atoms with Crippen LogP contribution in [0.5, 0.6) is 0 Å². The number of aromatic nitrogens is 2. The van der Waals surface area contributed by atoms with Crippen LogP contribution in [0.3, 0.4) is 0 Å². The highest BCUT2D eigenvalue weighted by atomic mass is 16.1. The van der Waals surface area contributed by atoms with E-state index in [1.54, 1.807) is 6.07 Å². The molecule has 0 aromatic carbocycles. The second kappa shape index (κ2) is 8.09. The lowest BCUT2D eigenvalue weighted by Gasteiger charge is -2.27. The van der Waals surface area contributed by atoms with Gasteiger partial charge in [-0.3, -0.25) is 4.79 Å². The highest BCUT2D eigenvalue weighted by molar-refractivity contribution is 5.92. The molecule has 2 heterocycles. The van der Waals surface area contributed by atoms with Gasteiger partial charge in [0.2, 0.25) is 0 Å². The van der Waals surface area contributed by atoms with Gasteiger partial charge in [-0.05, 0) is 63.5 Å². The molecule has 2 aliphatic rings. The standard InChI is InChI=1S/C18H26N4O/c23-18(19-12-11-15-7-3-1-4-8-15)16-9-10-17(21-20-16)22-13-5-2-6-14-22/h7,9-10H,1-6,8,11-14H2,(H,19,23). The van der Waals surface area contributed by atoms with Gasteiger partial charge in [-0.15, -0.1) is 10.2 Å². The van der Waals surface area contributed by atoms with Gasteiger partial charge >= 0.3 is 0 Å². The Hall–Kier alpha value is -1.91. The third-order valence-electron chi connectivity index (χ3n) is 4.68. The zero-order chi connectivity index (χ0) is 15.9. The molecule has 0 saturated carbocycles. The van der Waals surface area contributed by atoms with Crippen LogP contribution in [0.15, 0.2) is 23.8 Å². The minimum Gasteiger partial charge on any atom is -0.355 e. The van der Waals surface area contributed by atoms with Crippen molar-refractivity contribution < 1.29 is 4.79 Å². The molecule has 124 valence electrons. The highest BCUT2D eigenvalue weighted by Crippen LogP contribution is 2.19. The maximum absolute atomic E-state index is 12.1. The van der Waals surface area contributed by atoms with E-state index in [4.69, 9.17) is 0 Å². The van der Waals surface area contributed by atoms with Gasteiger partial charge in [0.1, 0.15) is 0 Å². The maximum atomic E-state index is 12.1. The highest BCUT2D eigenvalue weighted by Gasteiger charge is 2.14. The third-order valence-corrected chi connectivity index (χ3v) is 4.68. The topological polar surface area (TPSA) is 58.1 Å². The van der Waals surface area contributed by atoms with E-state index in [-0.39, 0.29) is 5.91 Å². The molecule has 1 amide bonds. The van der Waals surface area contributed by atoms with Crippen molar-refractivity contribution in [2.45, 2.75) is 51.4 Å². The second-order valence-corrected chi connectivity index (χ2v) is 6.44. The molecule has 3 rings (SSSR count). The van der Waals surface area contributed by atoms with E-state index in [0.29, 0.717) is 12.2 Å². The molecule has 0 atom stereocenters. The molecule has 1 fully saturated rings. The van der Waals surface area contributed by atoms with Gasteiger partial charge in [0.05, 0.1) is 0 Å². The lowest BCUT2D eigenvalue weighted by Crippen LogP contribution is -2.31. The fourth-order valence-corrected chi connectivity index (χ4v) is 3.30. The molecule has 5 heteroatoms. The summed E-state index contributed by atoms with van der Waals surface area (Å²) in [4.78, 5) is 14.4. The molecular weight excluding hydrogens is 288 g/mol. The van der Waals surface area contributed by atoms with Crippen molar-refractivity contribution in [1.82, 2.24) is 15.5 Å². The summed E-state index contributed by atoms with van der Waals surface area (Å²) in [5.41, 5.74) is 1.88. The summed E-state index contributed by atoms with van der Waals surface area (Å²) in [6.07, 6.45) is 11.9. The summed E-state index contributed by atoms with van der Waals surface area (Å²) < 4.78 is 0. The van der Waals surface area contributed by atoms with Crippen LogP contribution in [0.1, 0.15) is 61.9 Å². The number of hydrogen-bond acceptors (Lipinski definition) is 4. The Morgan fingerprint density at radius 3 is 2.65 bits per heavy atom. The van der Waals surface area contributed by atoms with Crippen LogP contribution >= 0.6 is 0 Å². The van der Waals surface area contributed by atoms with Crippen LogP contribution < -0.4 is 10.2 Å².